The topological polar surface area (TPSA) is 64.2 Å². The van der Waals surface area contributed by atoms with E-state index in [0.29, 0.717) is 18.4 Å². The van der Waals surface area contributed by atoms with E-state index < -0.39 is 0 Å². The second-order valence-electron chi connectivity index (χ2n) is 5.17. The maximum atomic E-state index is 12.4. The highest BCUT2D eigenvalue weighted by atomic mass is 16.1. The van der Waals surface area contributed by atoms with Crippen molar-refractivity contribution in [3.05, 3.63) is 22.7 Å². The van der Waals surface area contributed by atoms with Crippen molar-refractivity contribution in [2.45, 2.75) is 51.6 Å². The normalized spacial score (nSPS) is 19.7. The summed E-state index contributed by atoms with van der Waals surface area (Å²) in [7, 11) is 0. The van der Waals surface area contributed by atoms with Gasteiger partial charge in [-0.3, -0.25) is 4.79 Å². The standard InChI is InChI=1S/C14H24N4O/c1-2-9-17-11-8-16-13(14(17)19)18-10-4-3-5-12(18)6-7-15/h8,11-12H,2-7,9-10,15H2,1H3. The van der Waals surface area contributed by atoms with Crippen LogP contribution in [0.2, 0.25) is 0 Å². The minimum atomic E-state index is 0.0354. The van der Waals surface area contributed by atoms with Gasteiger partial charge in [-0.05, 0) is 38.6 Å². The molecule has 2 heterocycles. The fraction of sp³-hybridized carbons (Fsp3) is 0.714. The highest BCUT2D eigenvalue weighted by Crippen LogP contribution is 2.22. The second-order valence-corrected chi connectivity index (χ2v) is 5.17. The molecular weight excluding hydrogens is 240 g/mol. The second kappa shape index (κ2) is 6.70. The van der Waals surface area contributed by atoms with Gasteiger partial charge < -0.3 is 15.2 Å². The molecule has 1 atom stereocenters. The summed E-state index contributed by atoms with van der Waals surface area (Å²) in [6.45, 7) is 4.41. The van der Waals surface area contributed by atoms with Crippen LogP contribution in [0.15, 0.2) is 17.2 Å². The zero-order chi connectivity index (χ0) is 13.7. The van der Waals surface area contributed by atoms with E-state index in [9.17, 15) is 4.79 Å². The van der Waals surface area contributed by atoms with Crippen molar-refractivity contribution in [1.82, 2.24) is 9.55 Å². The van der Waals surface area contributed by atoms with E-state index in [1.54, 1.807) is 17.0 Å². The summed E-state index contributed by atoms with van der Waals surface area (Å²) in [5.74, 6) is 0.606. The summed E-state index contributed by atoms with van der Waals surface area (Å²) >= 11 is 0. The number of nitrogens with two attached hydrogens (primary N) is 1. The quantitative estimate of drug-likeness (QED) is 0.872. The van der Waals surface area contributed by atoms with Crippen LogP contribution in [-0.2, 0) is 6.54 Å². The lowest BCUT2D eigenvalue weighted by molar-refractivity contribution is 0.436. The lowest BCUT2D eigenvalue weighted by Crippen LogP contribution is -2.44. The third kappa shape index (κ3) is 3.15. The van der Waals surface area contributed by atoms with E-state index in [-0.39, 0.29) is 5.56 Å². The lowest BCUT2D eigenvalue weighted by atomic mass is 9.99. The van der Waals surface area contributed by atoms with Crippen LogP contribution in [-0.4, -0.2) is 28.7 Å². The minimum Gasteiger partial charge on any atom is -0.349 e. The number of nitrogens with zero attached hydrogens (tertiary/aromatic N) is 3. The zero-order valence-electron chi connectivity index (χ0n) is 11.7. The Morgan fingerprint density at radius 2 is 2.32 bits per heavy atom. The van der Waals surface area contributed by atoms with Gasteiger partial charge in [0.2, 0.25) is 0 Å². The molecule has 0 amide bonds. The third-order valence-corrected chi connectivity index (χ3v) is 3.76. The maximum Gasteiger partial charge on any atom is 0.293 e. The van der Waals surface area contributed by atoms with E-state index in [1.807, 2.05) is 0 Å². The first-order chi connectivity index (χ1) is 9.27. The molecule has 2 N–H and O–H groups in total. The van der Waals surface area contributed by atoms with Crippen molar-refractivity contribution in [3.63, 3.8) is 0 Å². The third-order valence-electron chi connectivity index (χ3n) is 3.76. The van der Waals surface area contributed by atoms with Gasteiger partial charge in [0.1, 0.15) is 0 Å². The number of rotatable bonds is 5. The van der Waals surface area contributed by atoms with Crippen LogP contribution in [0.25, 0.3) is 0 Å². The number of aryl methyl sites for hydroxylation is 1. The summed E-state index contributed by atoms with van der Waals surface area (Å²) in [4.78, 5) is 18.9. The van der Waals surface area contributed by atoms with Gasteiger partial charge in [-0.15, -0.1) is 0 Å². The minimum absolute atomic E-state index is 0.0354. The van der Waals surface area contributed by atoms with Crippen molar-refractivity contribution in [3.8, 4) is 0 Å². The van der Waals surface area contributed by atoms with Crippen LogP contribution in [0, 0.1) is 0 Å². The Bertz CT molecular complexity index is 455. The van der Waals surface area contributed by atoms with E-state index >= 15 is 0 Å². The molecule has 106 valence electrons. The first kappa shape index (κ1) is 14.1. The fourth-order valence-corrected chi connectivity index (χ4v) is 2.82. The van der Waals surface area contributed by atoms with E-state index in [1.165, 1.54) is 6.42 Å². The summed E-state index contributed by atoms with van der Waals surface area (Å²) in [5.41, 5.74) is 5.72. The average molecular weight is 264 g/mol. The Hall–Kier alpha value is -1.36. The van der Waals surface area contributed by atoms with Crippen LogP contribution in [0.5, 0.6) is 0 Å². The fourth-order valence-electron chi connectivity index (χ4n) is 2.82. The predicted molar refractivity (Wildman–Crippen MR) is 77.4 cm³/mol. The van der Waals surface area contributed by atoms with Gasteiger partial charge in [0.05, 0.1) is 0 Å². The summed E-state index contributed by atoms with van der Waals surface area (Å²) in [5, 5.41) is 0. The summed E-state index contributed by atoms with van der Waals surface area (Å²) in [6, 6.07) is 0.372. The zero-order valence-corrected chi connectivity index (χ0v) is 11.7. The van der Waals surface area contributed by atoms with E-state index in [2.05, 4.69) is 16.8 Å². The van der Waals surface area contributed by atoms with Crippen molar-refractivity contribution in [1.29, 1.82) is 0 Å². The van der Waals surface area contributed by atoms with E-state index in [0.717, 1.165) is 38.8 Å². The molecule has 1 saturated heterocycles. The van der Waals surface area contributed by atoms with Gasteiger partial charge in [-0.2, -0.15) is 0 Å². The van der Waals surface area contributed by atoms with Crippen molar-refractivity contribution >= 4 is 5.82 Å². The molecule has 1 aliphatic heterocycles. The van der Waals surface area contributed by atoms with Gasteiger partial charge in [0.25, 0.3) is 5.56 Å². The number of anilines is 1. The van der Waals surface area contributed by atoms with Gasteiger partial charge in [0, 0.05) is 31.5 Å². The molecule has 2 rings (SSSR count). The molecular formula is C14H24N4O. The number of piperidine rings is 1. The molecule has 1 aliphatic rings. The number of aromatic nitrogens is 2. The molecule has 1 aromatic heterocycles. The summed E-state index contributed by atoms with van der Waals surface area (Å²) in [6.07, 6.45) is 8.86. The van der Waals surface area contributed by atoms with Crippen LogP contribution in [0.1, 0.15) is 39.0 Å². The SMILES string of the molecule is CCCn1ccnc(N2CCCCC2CCN)c1=O. The largest absolute Gasteiger partial charge is 0.349 e. The first-order valence-electron chi connectivity index (χ1n) is 7.30. The predicted octanol–water partition coefficient (Wildman–Crippen LogP) is 1.36. The molecule has 19 heavy (non-hydrogen) atoms. The molecule has 0 radical (unpaired) electrons. The summed E-state index contributed by atoms with van der Waals surface area (Å²) < 4.78 is 1.76. The Balaban J connectivity index is 2.28. The van der Waals surface area contributed by atoms with E-state index in [4.69, 9.17) is 5.73 Å². The van der Waals surface area contributed by atoms with Crippen LogP contribution >= 0.6 is 0 Å². The van der Waals surface area contributed by atoms with Crippen LogP contribution in [0.3, 0.4) is 0 Å². The first-order valence-corrected chi connectivity index (χ1v) is 7.30. The smallest absolute Gasteiger partial charge is 0.293 e. The molecule has 5 nitrogen and oxygen atoms in total. The van der Waals surface area contributed by atoms with Gasteiger partial charge in [0.15, 0.2) is 5.82 Å². The Morgan fingerprint density at radius 1 is 1.47 bits per heavy atom. The molecule has 0 saturated carbocycles. The average Bonchev–Trinajstić information content (AvgIpc) is 2.43. The number of hydrogen-bond donors (Lipinski definition) is 1. The molecule has 0 bridgehead atoms. The van der Waals surface area contributed by atoms with Crippen molar-refractivity contribution < 1.29 is 0 Å². The molecule has 0 aliphatic carbocycles. The van der Waals surface area contributed by atoms with Gasteiger partial charge >= 0.3 is 0 Å². The molecule has 5 heteroatoms. The molecule has 1 unspecified atom stereocenters. The van der Waals surface area contributed by atoms with Crippen molar-refractivity contribution in [2.24, 2.45) is 5.73 Å². The molecule has 1 aromatic rings. The van der Waals surface area contributed by atoms with Crippen molar-refractivity contribution in [2.75, 3.05) is 18.0 Å². The monoisotopic (exact) mass is 264 g/mol. The molecule has 0 spiro atoms. The van der Waals surface area contributed by atoms with Crippen LogP contribution in [0.4, 0.5) is 5.82 Å². The Kier molecular flexibility index (Phi) is 4.96. The molecule has 0 aromatic carbocycles. The molecule has 1 fully saturated rings. The Labute approximate surface area is 114 Å². The van der Waals surface area contributed by atoms with Gasteiger partial charge in [-0.25, -0.2) is 4.98 Å². The van der Waals surface area contributed by atoms with Gasteiger partial charge in [-0.1, -0.05) is 6.92 Å². The van der Waals surface area contributed by atoms with Crippen LogP contribution < -0.4 is 16.2 Å². The Morgan fingerprint density at radius 3 is 3.05 bits per heavy atom. The highest BCUT2D eigenvalue weighted by molar-refractivity contribution is 5.37. The number of hydrogen-bond acceptors (Lipinski definition) is 4. The lowest BCUT2D eigenvalue weighted by Gasteiger charge is -2.36. The maximum absolute atomic E-state index is 12.4. The highest BCUT2D eigenvalue weighted by Gasteiger charge is 2.25.